The van der Waals surface area contributed by atoms with Crippen LogP contribution in [0.25, 0.3) is 89.0 Å². The zero-order valence-corrected chi connectivity index (χ0v) is 78.8. The van der Waals surface area contributed by atoms with E-state index in [0.29, 0.717) is 0 Å². The highest BCUT2D eigenvalue weighted by Gasteiger charge is 2.43. The molecule has 2 heteroatoms. The zero-order chi connectivity index (χ0) is 87.9. The molecule has 0 bridgehead atoms. The minimum atomic E-state index is -0.181. The summed E-state index contributed by atoms with van der Waals surface area (Å²) in [6, 6.07) is 104. The summed E-state index contributed by atoms with van der Waals surface area (Å²) in [5.41, 5.74) is 51.9. The number of rotatable bonds is 10. The molecular formula is C121H128N2. The van der Waals surface area contributed by atoms with Gasteiger partial charge in [0, 0.05) is 55.8 Å². The standard InChI is InChI=1S/C62H67N.C59H61N/c1-38-16-24-44(25-17-38)63(45-26-18-39(2)19-27-45)46-36-51(40-20-28-47-49-30-22-42(58(3,4)5)34-55(49)61(12,13)53(47)32-40)57(60(9,10)11)52(37-46)41-21-29-48-50-31-23-43(59(6,7)8)35-56(50)62(14,15)54(48)33-41;1-36-14-22-43(23-15-36)60(44-24-16-37(2)17-25-44)45-34-50(39-18-26-46-48-28-20-41(56(4,5)6)32-54(48)58(10,11)52(46)30-39)38(3)51(35-45)40-19-27-47-49-29-21-42(57(7,8)9)33-55(49)59(12,13)53(47)31-40/h16-37H,1-15H3;14-35H,1-13H3. The molecule has 0 aliphatic heterocycles. The van der Waals surface area contributed by atoms with Crippen molar-refractivity contribution in [3.63, 3.8) is 0 Å². The summed E-state index contributed by atoms with van der Waals surface area (Å²) in [5.74, 6) is 0. The summed E-state index contributed by atoms with van der Waals surface area (Å²) < 4.78 is 0. The van der Waals surface area contributed by atoms with Crippen LogP contribution in [0.1, 0.15) is 259 Å². The third-order valence-electron chi connectivity index (χ3n) is 28.4. The summed E-state index contributed by atoms with van der Waals surface area (Å²) >= 11 is 0. The maximum atomic E-state index is 2.53. The molecule has 14 aromatic rings. The lowest BCUT2D eigenvalue weighted by Crippen LogP contribution is -2.19. The van der Waals surface area contributed by atoms with Crippen LogP contribution in [-0.4, -0.2) is 0 Å². The molecular weight excluding hydrogens is 1480 g/mol. The minimum Gasteiger partial charge on any atom is -0.310 e. The fourth-order valence-corrected chi connectivity index (χ4v) is 20.6. The molecule has 123 heavy (non-hydrogen) atoms. The Kier molecular flexibility index (Phi) is 20.1. The highest BCUT2D eigenvalue weighted by atomic mass is 15.1. The predicted molar refractivity (Wildman–Crippen MR) is 531 cm³/mol. The molecule has 0 atom stereocenters. The van der Waals surface area contributed by atoms with E-state index < -0.39 is 0 Å². The third kappa shape index (κ3) is 14.7. The van der Waals surface area contributed by atoms with Crippen molar-refractivity contribution >= 4 is 34.1 Å². The van der Waals surface area contributed by atoms with Gasteiger partial charge in [0.25, 0.3) is 0 Å². The van der Waals surface area contributed by atoms with Gasteiger partial charge in [0.2, 0.25) is 0 Å². The van der Waals surface area contributed by atoms with E-state index in [2.05, 4.69) is 471 Å². The van der Waals surface area contributed by atoms with Crippen molar-refractivity contribution in [2.75, 3.05) is 9.80 Å². The Morgan fingerprint density at radius 3 is 0.569 bits per heavy atom. The largest absolute Gasteiger partial charge is 0.310 e. The fraction of sp³-hybridized carbons (Fsp3) is 0.306. The SMILES string of the molecule is Cc1ccc(N(c2ccc(C)cc2)c2cc(-c3ccc4c(c3)C(C)(C)c3cc(C(C)(C)C)ccc3-4)c(C(C)(C)C)c(-c3ccc4c(c3)C(C)(C)c3cc(C(C)(C)C)ccc3-4)c2)cc1.Cc1ccc(N(c2ccc(C)cc2)c2cc(-c3ccc4c(c3)C(C)(C)c3cc(C(C)(C)C)ccc3-4)c(C)c(-c3ccc4c(c3)C(C)(C)c3cc(C(C)(C)C)ccc3-4)c2)cc1. The quantitative estimate of drug-likeness (QED) is 0.135. The molecule has 2 nitrogen and oxygen atoms in total. The highest BCUT2D eigenvalue weighted by molar-refractivity contribution is 5.96. The molecule has 0 unspecified atom stereocenters. The lowest BCUT2D eigenvalue weighted by Gasteiger charge is -2.32. The number of nitrogens with zero attached hydrogens (tertiary/aromatic N) is 2. The van der Waals surface area contributed by atoms with Crippen LogP contribution in [0.2, 0.25) is 0 Å². The number of hydrogen-bond donors (Lipinski definition) is 0. The van der Waals surface area contributed by atoms with Crippen LogP contribution >= 0.6 is 0 Å². The Morgan fingerprint density at radius 1 is 0.179 bits per heavy atom. The van der Waals surface area contributed by atoms with E-state index in [1.165, 1.54) is 189 Å². The summed E-state index contributed by atoms with van der Waals surface area (Å²) in [7, 11) is 0. The number of benzene rings is 14. The van der Waals surface area contributed by atoms with E-state index in [4.69, 9.17) is 0 Å². The smallest absolute Gasteiger partial charge is 0.0474 e. The summed E-state index contributed by atoms with van der Waals surface area (Å²) in [6.07, 6.45) is 0. The molecule has 4 aliphatic carbocycles. The number of aryl methyl sites for hydroxylation is 4. The van der Waals surface area contributed by atoms with E-state index in [9.17, 15) is 0 Å². The second kappa shape index (κ2) is 29.4. The molecule has 0 heterocycles. The first kappa shape index (κ1) is 83.9. The molecule has 0 N–H and O–H groups in total. The molecule has 0 saturated heterocycles. The molecule has 18 rings (SSSR count). The van der Waals surface area contributed by atoms with Crippen molar-refractivity contribution in [1.29, 1.82) is 0 Å². The van der Waals surface area contributed by atoms with Crippen molar-refractivity contribution in [2.24, 2.45) is 0 Å². The normalized spacial score (nSPS) is 14.8. The molecule has 0 amide bonds. The van der Waals surface area contributed by atoms with Crippen molar-refractivity contribution in [3.8, 4) is 89.0 Å². The number of anilines is 6. The van der Waals surface area contributed by atoms with E-state index >= 15 is 0 Å². The molecule has 14 aromatic carbocycles. The summed E-state index contributed by atoms with van der Waals surface area (Å²) in [4.78, 5) is 4.90. The highest BCUT2D eigenvalue weighted by Crippen LogP contribution is 2.59. The zero-order valence-electron chi connectivity index (χ0n) is 78.8. The van der Waals surface area contributed by atoms with Crippen molar-refractivity contribution < 1.29 is 0 Å². The topological polar surface area (TPSA) is 6.48 Å². The van der Waals surface area contributed by atoms with Crippen LogP contribution in [0.4, 0.5) is 34.1 Å². The average molecular weight is 1610 g/mol. The molecule has 0 radical (unpaired) electrons. The van der Waals surface area contributed by atoms with Gasteiger partial charge < -0.3 is 9.80 Å². The van der Waals surface area contributed by atoms with Gasteiger partial charge in [0.1, 0.15) is 0 Å². The van der Waals surface area contributed by atoms with Crippen LogP contribution in [0.15, 0.2) is 267 Å². The molecule has 4 aliphatic rings. The van der Waals surface area contributed by atoms with Gasteiger partial charge >= 0.3 is 0 Å². The van der Waals surface area contributed by atoms with Gasteiger partial charge in [-0.25, -0.2) is 0 Å². The Balaban J connectivity index is 0.000000175. The average Bonchev–Trinajstić information content (AvgIpc) is 0.969. The first-order chi connectivity index (χ1) is 57.7. The van der Waals surface area contributed by atoms with Gasteiger partial charge in [-0.1, -0.05) is 351 Å². The first-order valence-corrected chi connectivity index (χ1v) is 45.1. The van der Waals surface area contributed by atoms with E-state index in [0.717, 1.165) is 34.1 Å². The van der Waals surface area contributed by atoms with Gasteiger partial charge in [-0.3, -0.25) is 0 Å². The van der Waals surface area contributed by atoms with Crippen LogP contribution < -0.4 is 9.80 Å². The van der Waals surface area contributed by atoms with Crippen molar-refractivity contribution in [3.05, 3.63) is 367 Å². The van der Waals surface area contributed by atoms with Gasteiger partial charge in [-0.15, -0.1) is 0 Å². The van der Waals surface area contributed by atoms with E-state index in [-0.39, 0.29) is 48.7 Å². The van der Waals surface area contributed by atoms with Crippen LogP contribution in [0, 0.1) is 34.6 Å². The molecule has 0 aromatic heterocycles. The Morgan fingerprint density at radius 2 is 0.366 bits per heavy atom. The van der Waals surface area contributed by atoms with Crippen molar-refractivity contribution in [2.45, 2.75) is 243 Å². The molecule has 0 saturated carbocycles. The Bertz CT molecular complexity index is 6180. The Hall–Kier alpha value is -11.3. The number of fused-ring (bicyclic) bond motifs is 12. The third-order valence-corrected chi connectivity index (χ3v) is 28.4. The second-order valence-electron chi connectivity index (χ2n) is 43.9. The minimum absolute atomic E-state index is 0.0786. The summed E-state index contributed by atoms with van der Waals surface area (Å²) in [5, 5.41) is 0. The van der Waals surface area contributed by atoms with Crippen LogP contribution in [-0.2, 0) is 48.7 Å². The second-order valence-corrected chi connectivity index (χ2v) is 43.9. The van der Waals surface area contributed by atoms with Crippen LogP contribution in [0.3, 0.4) is 0 Å². The molecule has 622 valence electrons. The lowest BCUT2D eigenvalue weighted by atomic mass is 9.75. The van der Waals surface area contributed by atoms with E-state index in [1.54, 1.807) is 0 Å². The van der Waals surface area contributed by atoms with Gasteiger partial charge in [0.05, 0.1) is 0 Å². The van der Waals surface area contributed by atoms with Gasteiger partial charge in [-0.05, 0) is 326 Å². The molecule has 0 fully saturated rings. The summed E-state index contributed by atoms with van der Waals surface area (Å²) in [6.45, 7) is 65.3. The first-order valence-electron chi connectivity index (χ1n) is 45.1. The monoisotopic (exact) mass is 1610 g/mol. The molecule has 0 spiro atoms. The van der Waals surface area contributed by atoms with Crippen molar-refractivity contribution in [1.82, 2.24) is 0 Å². The maximum Gasteiger partial charge on any atom is 0.0474 e. The Labute approximate surface area is 737 Å². The van der Waals surface area contributed by atoms with E-state index in [1.807, 2.05) is 0 Å². The lowest BCUT2D eigenvalue weighted by molar-refractivity contribution is 0.584. The maximum absolute atomic E-state index is 2.53. The van der Waals surface area contributed by atoms with Gasteiger partial charge in [0.15, 0.2) is 0 Å². The fourth-order valence-electron chi connectivity index (χ4n) is 20.6. The van der Waals surface area contributed by atoms with Crippen LogP contribution in [0.5, 0.6) is 0 Å². The predicted octanol–water partition coefficient (Wildman–Crippen LogP) is 34.2. The number of hydrogen-bond acceptors (Lipinski definition) is 2. The van der Waals surface area contributed by atoms with Gasteiger partial charge in [-0.2, -0.15) is 0 Å².